The van der Waals surface area contributed by atoms with Gasteiger partial charge in [-0.3, -0.25) is 9.59 Å². The van der Waals surface area contributed by atoms with Crippen molar-refractivity contribution in [2.75, 3.05) is 46.4 Å². The number of ether oxygens (including phenoxy) is 1. The molecule has 2 N–H and O–H groups in total. The molecule has 8 nitrogen and oxygen atoms in total. The van der Waals surface area contributed by atoms with Crippen molar-refractivity contribution >= 4 is 21.9 Å². The summed E-state index contributed by atoms with van der Waals surface area (Å²) < 4.78 is 57.6. The third-order valence-electron chi connectivity index (χ3n) is 4.46. The van der Waals surface area contributed by atoms with Crippen LogP contribution < -0.4 is 10.2 Å². The fourth-order valence-electron chi connectivity index (χ4n) is 2.90. The molecule has 0 radical (unpaired) electrons. The minimum absolute atomic E-state index is 0.129. The molecular formula is C17H24F2N3O5S+. The Morgan fingerprint density at radius 2 is 1.93 bits per heavy atom. The van der Waals surface area contributed by atoms with E-state index in [9.17, 15) is 26.8 Å². The number of nitrogens with zero attached hydrogens (tertiary/aromatic N) is 1. The lowest BCUT2D eigenvalue weighted by Gasteiger charge is -2.31. The molecule has 1 fully saturated rings. The predicted molar refractivity (Wildman–Crippen MR) is 94.9 cm³/mol. The second-order valence-corrected chi connectivity index (χ2v) is 8.34. The Morgan fingerprint density at radius 3 is 2.54 bits per heavy atom. The van der Waals surface area contributed by atoms with E-state index >= 15 is 0 Å². The van der Waals surface area contributed by atoms with Crippen LogP contribution in [0.5, 0.6) is 0 Å². The number of amides is 1. The van der Waals surface area contributed by atoms with Gasteiger partial charge in [-0.2, -0.15) is 4.31 Å². The Bertz CT molecular complexity index is 811. The monoisotopic (exact) mass is 420 g/mol. The zero-order valence-electron chi connectivity index (χ0n) is 15.5. The number of hydrogen-bond donors (Lipinski definition) is 2. The second-order valence-electron chi connectivity index (χ2n) is 6.44. The van der Waals surface area contributed by atoms with Gasteiger partial charge in [0.05, 0.1) is 33.3 Å². The number of carbonyl (C=O) groups is 2. The second kappa shape index (κ2) is 9.89. The van der Waals surface area contributed by atoms with E-state index < -0.39 is 26.6 Å². The summed E-state index contributed by atoms with van der Waals surface area (Å²) >= 11 is 0. The number of sulfonamides is 1. The Kier molecular flexibility index (Phi) is 7.84. The van der Waals surface area contributed by atoms with Crippen LogP contribution in [0.15, 0.2) is 23.1 Å². The molecular weight excluding hydrogens is 396 g/mol. The van der Waals surface area contributed by atoms with Crippen LogP contribution in [0.4, 0.5) is 8.78 Å². The van der Waals surface area contributed by atoms with Gasteiger partial charge in [0.1, 0.15) is 16.5 Å². The van der Waals surface area contributed by atoms with E-state index in [1.807, 2.05) is 0 Å². The molecule has 156 valence electrons. The molecule has 1 aromatic carbocycles. The van der Waals surface area contributed by atoms with Crippen LogP contribution in [0.1, 0.15) is 12.8 Å². The molecule has 1 aromatic rings. The number of esters is 1. The summed E-state index contributed by atoms with van der Waals surface area (Å²) in [6.45, 7) is 1.56. The Hall–Kier alpha value is -2.11. The first-order chi connectivity index (χ1) is 13.2. The van der Waals surface area contributed by atoms with Crippen LogP contribution in [0.3, 0.4) is 0 Å². The SMILES string of the molecule is COC(=O)CCCNC(=O)C[NH+]1CCN(S(=O)(=O)c2ccc(F)cc2F)CC1. The summed E-state index contributed by atoms with van der Waals surface area (Å²) in [5.74, 6) is -2.50. The zero-order chi connectivity index (χ0) is 20.7. The normalized spacial score (nSPS) is 16.0. The molecule has 1 aliphatic heterocycles. The van der Waals surface area contributed by atoms with Crippen LogP contribution in [0.25, 0.3) is 0 Å². The van der Waals surface area contributed by atoms with E-state index in [2.05, 4.69) is 10.1 Å². The molecule has 11 heteroatoms. The molecule has 1 aliphatic rings. The smallest absolute Gasteiger partial charge is 0.305 e. The zero-order valence-corrected chi connectivity index (χ0v) is 16.4. The van der Waals surface area contributed by atoms with Crippen molar-refractivity contribution in [3.8, 4) is 0 Å². The molecule has 0 atom stereocenters. The van der Waals surface area contributed by atoms with Crippen molar-refractivity contribution in [2.24, 2.45) is 0 Å². The fourth-order valence-corrected chi connectivity index (χ4v) is 4.38. The summed E-state index contributed by atoms with van der Waals surface area (Å²) in [7, 11) is -2.76. The van der Waals surface area contributed by atoms with Gasteiger partial charge >= 0.3 is 5.97 Å². The molecule has 28 heavy (non-hydrogen) atoms. The number of piperazine rings is 1. The lowest BCUT2D eigenvalue weighted by atomic mass is 10.3. The molecule has 1 saturated heterocycles. The van der Waals surface area contributed by atoms with Crippen LogP contribution in [0.2, 0.25) is 0 Å². The first-order valence-electron chi connectivity index (χ1n) is 8.86. The molecule has 0 unspecified atom stereocenters. The molecule has 1 amide bonds. The van der Waals surface area contributed by atoms with Gasteiger partial charge in [-0.15, -0.1) is 0 Å². The summed E-state index contributed by atoms with van der Waals surface area (Å²) in [5, 5.41) is 2.70. The number of hydrogen-bond acceptors (Lipinski definition) is 5. The number of methoxy groups -OCH3 is 1. The quantitative estimate of drug-likeness (QED) is 0.412. The predicted octanol–water partition coefficient (Wildman–Crippen LogP) is -1.08. The van der Waals surface area contributed by atoms with Gasteiger partial charge in [-0.1, -0.05) is 0 Å². The van der Waals surface area contributed by atoms with Crippen LogP contribution in [-0.4, -0.2) is 71.0 Å². The number of carbonyl (C=O) groups excluding carboxylic acids is 2. The van der Waals surface area contributed by atoms with Crippen molar-refractivity contribution in [3.63, 3.8) is 0 Å². The summed E-state index contributed by atoms with van der Waals surface area (Å²) in [6.07, 6.45) is 0.698. The highest BCUT2D eigenvalue weighted by molar-refractivity contribution is 7.89. The van der Waals surface area contributed by atoms with Gasteiger partial charge in [0.2, 0.25) is 10.0 Å². The number of quaternary nitrogens is 1. The van der Waals surface area contributed by atoms with Gasteiger partial charge in [0.15, 0.2) is 6.54 Å². The first-order valence-corrected chi connectivity index (χ1v) is 10.3. The van der Waals surface area contributed by atoms with Crippen molar-refractivity contribution in [2.45, 2.75) is 17.7 Å². The standard InChI is InChI=1S/C17H23F2N3O5S/c1-27-17(24)3-2-6-20-16(23)12-21-7-9-22(10-8-21)28(25,26)15-5-4-13(18)11-14(15)19/h4-5,11H,2-3,6-10,12H2,1H3,(H,20,23)/p+1. The maximum atomic E-state index is 13.8. The number of rotatable bonds is 8. The molecule has 0 bridgehead atoms. The van der Waals surface area contributed by atoms with Gasteiger partial charge in [0, 0.05) is 19.0 Å². The average Bonchev–Trinajstić information content (AvgIpc) is 2.65. The van der Waals surface area contributed by atoms with Crippen LogP contribution in [-0.2, 0) is 24.3 Å². The van der Waals surface area contributed by atoms with E-state index in [-0.39, 0.29) is 37.9 Å². The summed E-state index contributed by atoms with van der Waals surface area (Å²) in [6, 6.07) is 2.36. The highest BCUT2D eigenvalue weighted by Crippen LogP contribution is 2.20. The van der Waals surface area contributed by atoms with Crippen molar-refractivity contribution < 1.29 is 36.4 Å². The van der Waals surface area contributed by atoms with Gasteiger partial charge in [0.25, 0.3) is 5.91 Å². The van der Waals surface area contributed by atoms with Crippen LogP contribution >= 0.6 is 0 Å². The Morgan fingerprint density at radius 1 is 1.25 bits per heavy atom. The van der Waals surface area contributed by atoms with E-state index in [1.165, 1.54) is 7.11 Å². The highest BCUT2D eigenvalue weighted by Gasteiger charge is 2.32. The molecule has 0 aromatic heterocycles. The van der Waals surface area contributed by atoms with Crippen molar-refractivity contribution in [1.29, 1.82) is 0 Å². The maximum Gasteiger partial charge on any atom is 0.305 e. The number of benzene rings is 1. The van der Waals surface area contributed by atoms with Gasteiger partial charge in [-0.25, -0.2) is 17.2 Å². The fraction of sp³-hybridized carbons (Fsp3) is 0.529. The summed E-state index contributed by atoms with van der Waals surface area (Å²) in [4.78, 5) is 23.3. The third kappa shape index (κ3) is 5.94. The minimum atomic E-state index is -4.06. The first kappa shape index (κ1) is 22.2. The maximum absolute atomic E-state index is 13.8. The van der Waals surface area contributed by atoms with Gasteiger partial charge in [-0.05, 0) is 18.6 Å². The number of nitrogens with one attached hydrogen (secondary N) is 2. The van der Waals surface area contributed by atoms with E-state index in [1.54, 1.807) is 0 Å². The molecule has 0 spiro atoms. The molecule has 0 aliphatic carbocycles. The Labute approximate surface area is 162 Å². The molecule has 2 rings (SSSR count). The van der Waals surface area contributed by atoms with Gasteiger partial charge < -0.3 is 15.0 Å². The van der Waals surface area contributed by atoms with E-state index in [0.717, 1.165) is 21.3 Å². The summed E-state index contributed by atoms with van der Waals surface area (Å²) in [5.41, 5.74) is 0. The topological polar surface area (TPSA) is 97.2 Å². The Balaban J connectivity index is 1.80. The largest absolute Gasteiger partial charge is 0.469 e. The van der Waals surface area contributed by atoms with Crippen molar-refractivity contribution in [1.82, 2.24) is 9.62 Å². The van der Waals surface area contributed by atoms with Crippen molar-refractivity contribution in [3.05, 3.63) is 29.8 Å². The minimum Gasteiger partial charge on any atom is -0.469 e. The van der Waals surface area contributed by atoms with E-state index in [0.29, 0.717) is 32.1 Å². The number of halogens is 2. The van der Waals surface area contributed by atoms with E-state index in [4.69, 9.17) is 0 Å². The highest BCUT2D eigenvalue weighted by atomic mass is 32.2. The molecule has 0 saturated carbocycles. The lowest BCUT2D eigenvalue weighted by Crippen LogP contribution is -3.15. The lowest BCUT2D eigenvalue weighted by molar-refractivity contribution is -0.895. The third-order valence-corrected chi connectivity index (χ3v) is 6.39. The van der Waals surface area contributed by atoms with Crippen LogP contribution in [0, 0.1) is 11.6 Å². The average molecular weight is 420 g/mol. The molecule has 1 heterocycles.